The Morgan fingerprint density at radius 1 is 0.938 bits per heavy atom. The van der Waals surface area contributed by atoms with Gasteiger partial charge in [0.05, 0.1) is 13.2 Å². The van der Waals surface area contributed by atoms with Crippen LogP contribution < -0.4 is 20.1 Å². The number of halogens is 1. The molecule has 2 aromatic carbocycles. The minimum atomic E-state index is -0.535. The van der Waals surface area contributed by atoms with Crippen molar-refractivity contribution in [2.45, 2.75) is 13.8 Å². The lowest BCUT2D eigenvalue weighted by Gasteiger charge is -2.12. The molecule has 1 heterocycles. The summed E-state index contributed by atoms with van der Waals surface area (Å²) in [6.07, 6.45) is 0. The van der Waals surface area contributed by atoms with Crippen molar-refractivity contribution < 1.29 is 23.6 Å². The van der Waals surface area contributed by atoms with Crippen LogP contribution in [0.2, 0.25) is 5.02 Å². The number of rotatable bonds is 10. The number of amides is 2. The van der Waals surface area contributed by atoms with Crippen LogP contribution in [-0.2, 0) is 0 Å². The third kappa shape index (κ3) is 5.98. The van der Waals surface area contributed by atoms with Crippen molar-refractivity contribution >= 4 is 23.4 Å². The van der Waals surface area contributed by atoms with Gasteiger partial charge in [-0.05, 0) is 56.3 Å². The van der Waals surface area contributed by atoms with Gasteiger partial charge in [0, 0.05) is 29.2 Å². The Morgan fingerprint density at radius 2 is 1.59 bits per heavy atom. The molecule has 1 aromatic heterocycles. The zero-order valence-electron chi connectivity index (χ0n) is 17.7. The van der Waals surface area contributed by atoms with Gasteiger partial charge in [0.25, 0.3) is 5.91 Å². The highest BCUT2D eigenvalue weighted by Gasteiger charge is 2.16. The zero-order chi connectivity index (χ0) is 22.9. The highest BCUT2D eigenvalue weighted by atomic mass is 35.5. The predicted molar refractivity (Wildman–Crippen MR) is 118 cm³/mol. The first kappa shape index (κ1) is 23.1. The summed E-state index contributed by atoms with van der Waals surface area (Å²) in [6.45, 7) is 5.06. The molecule has 32 heavy (non-hydrogen) atoms. The molecule has 0 saturated heterocycles. The molecule has 10 heteroatoms. The van der Waals surface area contributed by atoms with E-state index in [0.29, 0.717) is 40.9 Å². The lowest BCUT2D eigenvalue weighted by Crippen LogP contribution is -2.34. The van der Waals surface area contributed by atoms with Crippen molar-refractivity contribution in [2.24, 2.45) is 0 Å². The molecule has 0 aliphatic heterocycles. The Bertz CT molecular complexity index is 1070. The number of carbonyl (C=O) groups excluding carboxylic acids is 2. The number of aromatic nitrogens is 2. The Balaban J connectivity index is 1.49. The summed E-state index contributed by atoms with van der Waals surface area (Å²) in [6, 6.07) is 11.8. The Kier molecular flexibility index (Phi) is 8.04. The van der Waals surface area contributed by atoms with Crippen LogP contribution in [0.3, 0.4) is 0 Å². The molecule has 3 aromatic rings. The molecule has 0 aliphatic carbocycles. The van der Waals surface area contributed by atoms with E-state index < -0.39 is 5.91 Å². The van der Waals surface area contributed by atoms with Crippen molar-refractivity contribution in [3.63, 3.8) is 0 Å². The molecule has 0 aliphatic rings. The fourth-order valence-electron chi connectivity index (χ4n) is 2.75. The Morgan fingerprint density at radius 3 is 2.28 bits per heavy atom. The van der Waals surface area contributed by atoms with Crippen LogP contribution in [-0.4, -0.2) is 48.3 Å². The van der Waals surface area contributed by atoms with Gasteiger partial charge in [-0.25, -0.2) is 0 Å². The van der Waals surface area contributed by atoms with Gasteiger partial charge in [-0.15, -0.1) is 0 Å². The molecular formula is C22H23ClN4O5. The van der Waals surface area contributed by atoms with Crippen LogP contribution in [0.4, 0.5) is 0 Å². The smallest absolute Gasteiger partial charge is 0.316 e. The lowest BCUT2D eigenvalue weighted by atomic mass is 10.2. The molecule has 0 atom stereocenters. The second-order valence-corrected chi connectivity index (χ2v) is 6.91. The molecule has 2 N–H and O–H groups in total. The molecule has 168 valence electrons. The first-order chi connectivity index (χ1) is 15.5. The minimum Gasteiger partial charge on any atom is -0.490 e. The first-order valence-electron chi connectivity index (χ1n) is 10.1. The third-order valence-corrected chi connectivity index (χ3v) is 4.48. The van der Waals surface area contributed by atoms with E-state index in [0.717, 1.165) is 0 Å². The van der Waals surface area contributed by atoms with E-state index in [2.05, 4.69) is 20.8 Å². The molecule has 0 unspecified atom stereocenters. The van der Waals surface area contributed by atoms with E-state index in [1.54, 1.807) is 42.5 Å². The average molecular weight is 459 g/mol. The molecule has 0 fully saturated rings. The monoisotopic (exact) mass is 458 g/mol. The summed E-state index contributed by atoms with van der Waals surface area (Å²) >= 11 is 5.86. The van der Waals surface area contributed by atoms with E-state index >= 15 is 0 Å². The van der Waals surface area contributed by atoms with Gasteiger partial charge in [0.1, 0.15) is 0 Å². The van der Waals surface area contributed by atoms with Crippen LogP contribution in [0.25, 0.3) is 11.4 Å². The van der Waals surface area contributed by atoms with E-state index in [9.17, 15) is 9.59 Å². The lowest BCUT2D eigenvalue weighted by molar-refractivity contribution is 0.0898. The van der Waals surface area contributed by atoms with Gasteiger partial charge in [-0.2, -0.15) is 4.98 Å². The van der Waals surface area contributed by atoms with Gasteiger partial charge in [-0.1, -0.05) is 16.8 Å². The number of hydrogen-bond acceptors (Lipinski definition) is 7. The van der Waals surface area contributed by atoms with Gasteiger partial charge >= 0.3 is 11.8 Å². The number of carbonyl (C=O) groups is 2. The normalized spacial score (nSPS) is 10.5. The molecular weight excluding hydrogens is 436 g/mol. The SMILES string of the molecule is CCOc1ccc(C(=O)NCCNC(=O)c2nc(-c3ccc(Cl)cc3)no2)cc1OCC. The molecule has 3 rings (SSSR count). The van der Waals surface area contributed by atoms with Crippen LogP contribution in [0.5, 0.6) is 11.5 Å². The average Bonchev–Trinajstić information content (AvgIpc) is 3.29. The van der Waals surface area contributed by atoms with Crippen molar-refractivity contribution in [1.82, 2.24) is 20.8 Å². The maximum absolute atomic E-state index is 12.4. The number of hydrogen-bond donors (Lipinski definition) is 2. The summed E-state index contributed by atoms with van der Waals surface area (Å²) in [4.78, 5) is 28.7. The summed E-state index contributed by atoms with van der Waals surface area (Å²) in [5, 5.41) is 9.73. The number of ether oxygens (including phenoxy) is 2. The first-order valence-corrected chi connectivity index (χ1v) is 10.4. The molecule has 0 saturated carbocycles. The quantitative estimate of drug-likeness (QED) is 0.447. The van der Waals surface area contributed by atoms with E-state index in [-0.39, 0.29) is 30.7 Å². The van der Waals surface area contributed by atoms with Gasteiger partial charge in [0.15, 0.2) is 11.5 Å². The highest BCUT2D eigenvalue weighted by Crippen LogP contribution is 2.28. The maximum atomic E-state index is 12.4. The minimum absolute atomic E-state index is 0.172. The highest BCUT2D eigenvalue weighted by molar-refractivity contribution is 6.30. The van der Waals surface area contributed by atoms with Crippen molar-refractivity contribution in [3.8, 4) is 22.9 Å². The van der Waals surface area contributed by atoms with Crippen LogP contribution in [0.1, 0.15) is 34.9 Å². The fourth-order valence-corrected chi connectivity index (χ4v) is 2.88. The third-order valence-electron chi connectivity index (χ3n) is 4.22. The Labute approximate surface area is 190 Å². The van der Waals surface area contributed by atoms with Crippen molar-refractivity contribution in [2.75, 3.05) is 26.3 Å². The van der Waals surface area contributed by atoms with E-state index in [1.165, 1.54) is 0 Å². The second-order valence-electron chi connectivity index (χ2n) is 6.47. The summed E-state index contributed by atoms with van der Waals surface area (Å²) in [5.74, 6) is 0.353. The predicted octanol–water partition coefficient (Wildman–Crippen LogP) is 3.35. The Hall–Kier alpha value is -3.59. The van der Waals surface area contributed by atoms with E-state index in [4.69, 9.17) is 25.6 Å². The van der Waals surface area contributed by atoms with Gasteiger partial charge in [0.2, 0.25) is 5.82 Å². The number of benzene rings is 2. The summed E-state index contributed by atoms with van der Waals surface area (Å²) in [7, 11) is 0. The fraction of sp³-hybridized carbons (Fsp3) is 0.273. The molecule has 0 spiro atoms. The maximum Gasteiger partial charge on any atom is 0.316 e. The van der Waals surface area contributed by atoms with Crippen LogP contribution >= 0.6 is 11.6 Å². The number of nitrogens with one attached hydrogen (secondary N) is 2. The standard InChI is InChI=1S/C22H23ClN4O5/c1-3-30-17-10-7-15(13-18(17)31-4-2)20(28)24-11-12-25-21(29)22-26-19(27-32-22)14-5-8-16(23)9-6-14/h5-10,13H,3-4,11-12H2,1-2H3,(H,24,28)(H,25,29). The summed E-state index contributed by atoms with van der Waals surface area (Å²) in [5.41, 5.74) is 1.10. The zero-order valence-corrected chi connectivity index (χ0v) is 18.4. The van der Waals surface area contributed by atoms with Crippen molar-refractivity contribution in [3.05, 3.63) is 58.9 Å². The van der Waals surface area contributed by atoms with Crippen LogP contribution in [0, 0.1) is 0 Å². The molecule has 2 amide bonds. The molecule has 0 bridgehead atoms. The van der Waals surface area contributed by atoms with Gasteiger partial charge < -0.3 is 24.6 Å². The molecule has 0 radical (unpaired) electrons. The molecule has 9 nitrogen and oxygen atoms in total. The van der Waals surface area contributed by atoms with E-state index in [1.807, 2.05) is 13.8 Å². The number of nitrogens with zero attached hydrogens (tertiary/aromatic N) is 2. The van der Waals surface area contributed by atoms with Crippen molar-refractivity contribution in [1.29, 1.82) is 0 Å². The van der Waals surface area contributed by atoms with Gasteiger partial charge in [-0.3, -0.25) is 9.59 Å². The second kappa shape index (κ2) is 11.1. The van der Waals surface area contributed by atoms with Crippen LogP contribution in [0.15, 0.2) is 47.0 Å². The largest absolute Gasteiger partial charge is 0.490 e. The summed E-state index contributed by atoms with van der Waals surface area (Å²) < 4.78 is 16.0. The topological polar surface area (TPSA) is 116 Å².